The highest BCUT2D eigenvalue weighted by Crippen LogP contribution is 2.32. The van der Waals surface area contributed by atoms with E-state index in [1.165, 1.54) is 11.8 Å². The summed E-state index contributed by atoms with van der Waals surface area (Å²) in [6, 6.07) is 15.8. The number of H-pyrrole nitrogens is 1. The third kappa shape index (κ3) is 5.35. The number of nitrogens with one attached hydrogen (secondary N) is 2. The van der Waals surface area contributed by atoms with Gasteiger partial charge in [0, 0.05) is 22.2 Å². The van der Waals surface area contributed by atoms with Crippen molar-refractivity contribution in [2.24, 2.45) is 0 Å². The number of amides is 1. The number of aromatic nitrogens is 2. The summed E-state index contributed by atoms with van der Waals surface area (Å²) in [5, 5.41) is 3.56. The fraction of sp³-hybridized carbons (Fsp3) is 0.261. The second kappa shape index (κ2) is 9.09. The van der Waals surface area contributed by atoms with Gasteiger partial charge in [0.05, 0.1) is 6.42 Å². The van der Waals surface area contributed by atoms with Crippen LogP contribution in [-0.2, 0) is 11.2 Å². The first-order valence-electron chi connectivity index (χ1n) is 9.52. The van der Waals surface area contributed by atoms with Crippen molar-refractivity contribution in [1.82, 2.24) is 9.97 Å². The van der Waals surface area contributed by atoms with Crippen molar-refractivity contribution in [1.29, 1.82) is 0 Å². The molecule has 0 aliphatic heterocycles. The Balaban J connectivity index is 1.71. The summed E-state index contributed by atoms with van der Waals surface area (Å²) in [5.74, 6) is -0.235. The smallest absolute Gasteiger partial charge is 0.255 e. The van der Waals surface area contributed by atoms with Crippen molar-refractivity contribution >= 4 is 23.4 Å². The SMILES string of the molecule is Cc1ccc(NC(=O)Cc2c(C)nc(SC(C)c3ccccc3)[nH]c2=O)cc1C. The van der Waals surface area contributed by atoms with Gasteiger partial charge in [-0.15, -0.1) is 0 Å². The summed E-state index contributed by atoms with van der Waals surface area (Å²) in [6.07, 6.45) is -0.0136. The highest BCUT2D eigenvalue weighted by atomic mass is 32.2. The Morgan fingerprint density at radius 2 is 1.83 bits per heavy atom. The lowest BCUT2D eigenvalue weighted by Crippen LogP contribution is -2.24. The lowest BCUT2D eigenvalue weighted by atomic mass is 10.1. The lowest BCUT2D eigenvalue weighted by Gasteiger charge is -2.12. The molecule has 1 heterocycles. The van der Waals surface area contributed by atoms with E-state index >= 15 is 0 Å². The average Bonchev–Trinajstić information content (AvgIpc) is 2.68. The molecule has 0 aliphatic carbocycles. The fourth-order valence-corrected chi connectivity index (χ4v) is 3.96. The molecule has 0 saturated carbocycles. The van der Waals surface area contributed by atoms with Crippen molar-refractivity contribution in [3.05, 3.63) is 86.8 Å². The van der Waals surface area contributed by atoms with Crippen molar-refractivity contribution in [2.45, 2.75) is 44.5 Å². The van der Waals surface area contributed by atoms with Crippen LogP contribution in [0.3, 0.4) is 0 Å². The molecule has 1 atom stereocenters. The minimum Gasteiger partial charge on any atom is -0.326 e. The number of aryl methyl sites for hydroxylation is 3. The van der Waals surface area contributed by atoms with Gasteiger partial charge < -0.3 is 10.3 Å². The summed E-state index contributed by atoms with van der Waals surface area (Å²) in [7, 11) is 0. The molecular weight excluding hydrogens is 382 g/mol. The van der Waals surface area contributed by atoms with E-state index in [0.29, 0.717) is 16.4 Å². The van der Waals surface area contributed by atoms with Crippen molar-refractivity contribution in [3.63, 3.8) is 0 Å². The Bertz CT molecular complexity index is 1080. The number of hydrogen-bond donors (Lipinski definition) is 2. The lowest BCUT2D eigenvalue weighted by molar-refractivity contribution is -0.115. The maximum Gasteiger partial charge on any atom is 0.255 e. The highest BCUT2D eigenvalue weighted by Gasteiger charge is 2.15. The molecule has 0 aliphatic rings. The van der Waals surface area contributed by atoms with E-state index in [-0.39, 0.29) is 23.1 Å². The summed E-state index contributed by atoms with van der Waals surface area (Å²) in [5.41, 5.74) is 4.86. The van der Waals surface area contributed by atoms with Crippen molar-refractivity contribution < 1.29 is 4.79 Å². The minimum atomic E-state index is -0.268. The van der Waals surface area contributed by atoms with Crippen LogP contribution in [0.1, 0.15) is 40.1 Å². The van der Waals surface area contributed by atoms with Crippen molar-refractivity contribution in [3.8, 4) is 0 Å². The van der Waals surface area contributed by atoms with Gasteiger partial charge in [0.25, 0.3) is 5.56 Å². The number of hydrogen-bond acceptors (Lipinski definition) is 4. The topological polar surface area (TPSA) is 74.8 Å². The number of benzene rings is 2. The van der Waals surface area contributed by atoms with Crippen LogP contribution >= 0.6 is 11.8 Å². The molecular formula is C23H25N3O2S. The Morgan fingerprint density at radius 3 is 2.48 bits per heavy atom. The maximum absolute atomic E-state index is 12.6. The van der Waals surface area contributed by atoms with Crippen LogP contribution in [0.4, 0.5) is 5.69 Å². The Labute approximate surface area is 175 Å². The molecule has 5 nitrogen and oxygen atoms in total. The summed E-state index contributed by atoms with van der Waals surface area (Å²) >= 11 is 1.49. The molecule has 0 radical (unpaired) electrons. The summed E-state index contributed by atoms with van der Waals surface area (Å²) in [4.78, 5) is 32.3. The Hall–Kier alpha value is -2.86. The second-order valence-corrected chi connectivity index (χ2v) is 8.46. The van der Waals surface area contributed by atoms with Gasteiger partial charge in [-0.1, -0.05) is 48.2 Å². The highest BCUT2D eigenvalue weighted by molar-refractivity contribution is 7.99. The molecule has 2 N–H and O–H groups in total. The van der Waals surface area contributed by atoms with E-state index in [4.69, 9.17) is 0 Å². The summed E-state index contributed by atoms with van der Waals surface area (Å²) in [6.45, 7) is 7.86. The number of aromatic amines is 1. The van der Waals surface area contributed by atoms with Gasteiger partial charge in [-0.2, -0.15) is 0 Å². The molecule has 3 rings (SSSR count). The number of rotatable bonds is 6. The van der Waals surface area contributed by atoms with Crippen LogP contribution in [0.2, 0.25) is 0 Å². The maximum atomic E-state index is 12.6. The van der Waals surface area contributed by atoms with E-state index in [9.17, 15) is 9.59 Å². The van der Waals surface area contributed by atoms with Gasteiger partial charge >= 0.3 is 0 Å². The van der Waals surface area contributed by atoms with Gasteiger partial charge in [0.15, 0.2) is 5.16 Å². The zero-order chi connectivity index (χ0) is 21.0. The predicted octanol–water partition coefficient (Wildman–Crippen LogP) is 4.73. The second-order valence-electron chi connectivity index (χ2n) is 7.13. The Kier molecular flexibility index (Phi) is 6.54. The number of carbonyl (C=O) groups excluding carboxylic acids is 1. The summed E-state index contributed by atoms with van der Waals surface area (Å²) < 4.78 is 0. The van der Waals surface area contributed by atoms with Crippen LogP contribution in [0, 0.1) is 20.8 Å². The predicted molar refractivity (Wildman–Crippen MR) is 119 cm³/mol. The van der Waals surface area contributed by atoms with E-state index in [0.717, 1.165) is 22.4 Å². The van der Waals surface area contributed by atoms with Gasteiger partial charge in [-0.05, 0) is 56.5 Å². The number of anilines is 1. The number of carbonyl (C=O) groups is 1. The molecule has 1 unspecified atom stereocenters. The molecule has 0 saturated heterocycles. The fourth-order valence-electron chi connectivity index (χ4n) is 2.99. The molecule has 3 aromatic rings. The molecule has 0 fully saturated rings. The molecule has 0 bridgehead atoms. The molecule has 29 heavy (non-hydrogen) atoms. The van der Waals surface area contributed by atoms with Crippen molar-refractivity contribution in [2.75, 3.05) is 5.32 Å². The third-order valence-electron chi connectivity index (χ3n) is 4.89. The monoisotopic (exact) mass is 407 g/mol. The van der Waals surface area contributed by atoms with Gasteiger partial charge in [-0.3, -0.25) is 9.59 Å². The first-order chi connectivity index (χ1) is 13.8. The molecule has 1 aromatic heterocycles. The number of thioether (sulfide) groups is 1. The van der Waals surface area contributed by atoms with E-state index in [1.807, 2.05) is 62.4 Å². The quantitative estimate of drug-likeness (QED) is 0.458. The first-order valence-corrected chi connectivity index (χ1v) is 10.4. The molecule has 150 valence electrons. The van der Waals surface area contributed by atoms with Crippen LogP contribution < -0.4 is 10.9 Å². The van der Waals surface area contributed by atoms with Gasteiger partial charge in [0.1, 0.15) is 0 Å². The molecule has 6 heteroatoms. The van der Waals surface area contributed by atoms with Crippen LogP contribution in [0.5, 0.6) is 0 Å². The van der Waals surface area contributed by atoms with Crippen LogP contribution in [-0.4, -0.2) is 15.9 Å². The first kappa shape index (κ1) is 20.9. The molecule has 1 amide bonds. The zero-order valence-corrected chi connectivity index (χ0v) is 17.9. The minimum absolute atomic E-state index is 0.0136. The van der Waals surface area contributed by atoms with E-state index < -0.39 is 0 Å². The van der Waals surface area contributed by atoms with Gasteiger partial charge in [0.2, 0.25) is 5.91 Å². The molecule has 0 spiro atoms. The number of nitrogens with zero attached hydrogens (tertiary/aromatic N) is 1. The van der Waals surface area contributed by atoms with E-state index in [1.54, 1.807) is 6.92 Å². The largest absolute Gasteiger partial charge is 0.326 e. The van der Waals surface area contributed by atoms with Crippen LogP contribution in [0.25, 0.3) is 0 Å². The zero-order valence-electron chi connectivity index (χ0n) is 17.1. The Morgan fingerprint density at radius 1 is 1.10 bits per heavy atom. The average molecular weight is 408 g/mol. The van der Waals surface area contributed by atoms with E-state index in [2.05, 4.69) is 22.2 Å². The normalized spacial score (nSPS) is 11.9. The third-order valence-corrected chi connectivity index (χ3v) is 5.93. The standard InChI is InChI=1S/C23H25N3O2S/c1-14-10-11-19(12-15(14)2)25-21(27)13-20-16(3)24-23(26-22(20)28)29-17(4)18-8-6-5-7-9-18/h5-12,17H,13H2,1-4H3,(H,25,27)(H,24,26,28). The van der Waals surface area contributed by atoms with Crippen LogP contribution in [0.15, 0.2) is 58.5 Å². The molecule has 2 aromatic carbocycles. The van der Waals surface area contributed by atoms with Gasteiger partial charge in [-0.25, -0.2) is 4.98 Å².